The van der Waals surface area contributed by atoms with E-state index in [1.807, 2.05) is 37.3 Å². The van der Waals surface area contributed by atoms with Crippen molar-refractivity contribution in [1.29, 1.82) is 5.26 Å². The minimum atomic E-state index is -1.07. The van der Waals surface area contributed by atoms with Gasteiger partial charge in [-0.2, -0.15) is 5.26 Å². The molecule has 4 heteroatoms. The predicted octanol–water partition coefficient (Wildman–Crippen LogP) is 1.72. The molecule has 1 aliphatic heterocycles. The maximum atomic E-state index is 12.7. The Morgan fingerprint density at radius 2 is 2.00 bits per heavy atom. The van der Waals surface area contributed by atoms with Gasteiger partial charge in [-0.05, 0) is 12.0 Å². The van der Waals surface area contributed by atoms with Gasteiger partial charge < -0.3 is 9.64 Å². The van der Waals surface area contributed by atoms with Crippen LogP contribution in [-0.4, -0.2) is 37.1 Å². The standard InChI is InChI=1S/C15H18N2O2/c1-2-15(12-16,13-6-4-3-5-7-13)14(18)17-8-10-19-11-9-17/h3-7H,2,8-11H2,1H3. The molecular formula is C15H18N2O2. The molecule has 1 atom stereocenters. The first-order valence-electron chi connectivity index (χ1n) is 6.58. The van der Waals surface area contributed by atoms with E-state index < -0.39 is 5.41 Å². The molecule has 1 unspecified atom stereocenters. The number of rotatable bonds is 3. The van der Waals surface area contributed by atoms with E-state index in [-0.39, 0.29) is 5.91 Å². The molecule has 0 aliphatic carbocycles. The third-order valence-corrected chi connectivity index (χ3v) is 3.65. The molecule has 0 radical (unpaired) electrons. The van der Waals surface area contributed by atoms with Gasteiger partial charge in [0, 0.05) is 13.1 Å². The smallest absolute Gasteiger partial charge is 0.247 e. The second-order valence-corrected chi connectivity index (χ2v) is 4.64. The lowest BCUT2D eigenvalue weighted by atomic mass is 9.78. The Kier molecular flexibility index (Phi) is 4.18. The number of carbonyl (C=O) groups excluding carboxylic acids is 1. The minimum Gasteiger partial charge on any atom is -0.378 e. The molecule has 1 saturated heterocycles. The van der Waals surface area contributed by atoms with Crippen LogP contribution in [0.4, 0.5) is 0 Å². The highest BCUT2D eigenvalue weighted by Crippen LogP contribution is 2.30. The van der Waals surface area contributed by atoms with Gasteiger partial charge in [-0.3, -0.25) is 4.79 Å². The fraction of sp³-hybridized carbons (Fsp3) is 0.467. The summed E-state index contributed by atoms with van der Waals surface area (Å²) in [4.78, 5) is 14.5. The molecule has 0 saturated carbocycles. The molecule has 1 amide bonds. The second kappa shape index (κ2) is 5.85. The van der Waals surface area contributed by atoms with E-state index in [4.69, 9.17) is 4.74 Å². The van der Waals surface area contributed by atoms with Gasteiger partial charge in [0.2, 0.25) is 5.91 Å². The topological polar surface area (TPSA) is 53.3 Å². The van der Waals surface area contributed by atoms with Crippen LogP contribution in [0.2, 0.25) is 0 Å². The molecule has 0 bridgehead atoms. The summed E-state index contributed by atoms with van der Waals surface area (Å²) < 4.78 is 5.26. The number of ether oxygens (including phenoxy) is 1. The number of morpholine rings is 1. The van der Waals surface area contributed by atoms with Crippen LogP contribution in [0.5, 0.6) is 0 Å². The molecule has 1 aromatic carbocycles. The summed E-state index contributed by atoms with van der Waals surface area (Å²) in [6, 6.07) is 11.6. The van der Waals surface area contributed by atoms with E-state index in [9.17, 15) is 10.1 Å². The molecule has 0 spiro atoms. The summed E-state index contributed by atoms with van der Waals surface area (Å²) in [6.45, 7) is 4.11. The summed E-state index contributed by atoms with van der Waals surface area (Å²) in [5, 5.41) is 9.60. The average molecular weight is 258 g/mol. The van der Waals surface area contributed by atoms with Gasteiger partial charge in [0.25, 0.3) is 0 Å². The number of hydrogen-bond donors (Lipinski definition) is 0. The number of hydrogen-bond acceptors (Lipinski definition) is 3. The van der Waals surface area contributed by atoms with Gasteiger partial charge in [0.05, 0.1) is 19.3 Å². The van der Waals surface area contributed by atoms with E-state index in [2.05, 4.69) is 6.07 Å². The van der Waals surface area contributed by atoms with Crippen LogP contribution in [0.3, 0.4) is 0 Å². The molecule has 1 heterocycles. The van der Waals surface area contributed by atoms with Gasteiger partial charge in [-0.15, -0.1) is 0 Å². The Hall–Kier alpha value is -1.86. The maximum Gasteiger partial charge on any atom is 0.247 e. The van der Waals surface area contributed by atoms with Crippen molar-refractivity contribution in [3.63, 3.8) is 0 Å². The van der Waals surface area contributed by atoms with E-state index in [0.29, 0.717) is 32.7 Å². The summed E-state index contributed by atoms with van der Waals surface area (Å²) in [5.74, 6) is -0.105. The van der Waals surface area contributed by atoms with Gasteiger partial charge in [-0.1, -0.05) is 37.3 Å². The fourth-order valence-electron chi connectivity index (χ4n) is 2.43. The van der Waals surface area contributed by atoms with Crippen molar-refractivity contribution in [1.82, 2.24) is 4.90 Å². The van der Waals surface area contributed by atoms with Crippen LogP contribution >= 0.6 is 0 Å². The van der Waals surface area contributed by atoms with E-state index in [1.165, 1.54) is 0 Å². The summed E-state index contributed by atoms with van der Waals surface area (Å²) in [5.41, 5.74) is -0.296. The minimum absolute atomic E-state index is 0.105. The normalized spacial score (nSPS) is 18.4. The lowest BCUT2D eigenvalue weighted by Gasteiger charge is -2.34. The van der Waals surface area contributed by atoms with Crippen molar-refractivity contribution in [3.8, 4) is 6.07 Å². The van der Waals surface area contributed by atoms with Crippen LogP contribution in [-0.2, 0) is 14.9 Å². The summed E-state index contributed by atoms with van der Waals surface area (Å²) in [6.07, 6.45) is 0.476. The lowest BCUT2D eigenvalue weighted by molar-refractivity contribution is -0.139. The molecule has 0 aromatic heterocycles. The Morgan fingerprint density at radius 3 is 2.53 bits per heavy atom. The first-order valence-corrected chi connectivity index (χ1v) is 6.58. The van der Waals surface area contributed by atoms with Crippen LogP contribution in [0.15, 0.2) is 30.3 Å². The molecule has 0 N–H and O–H groups in total. The van der Waals surface area contributed by atoms with Crippen molar-refractivity contribution in [2.75, 3.05) is 26.3 Å². The zero-order valence-electron chi connectivity index (χ0n) is 11.1. The Bertz CT molecular complexity index is 475. The Balaban J connectivity index is 2.34. The SMILES string of the molecule is CCC(C#N)(C(=O)N1CCOCC1)c1ccccc1. The van der Waals surface area contributed by atoms with Crippen molar-refractivity contribution in [3.05, 3.63) is 35.9 Å². The molecule has 19 heavy (non-hydrogen) atoms. The lowest BCUT2D eigenvalue weighted by Crippen LogP contribution is -2.50. The molecular weight excluding hydrogens is 240 g/mol. The monoisotopic (exact) mass is 258 g/mol. The van der Waals surface area contributed by atoms with Crippen molar-refractivity contribution < 1.29 is 9.53 Å². The van der Waals surface area contributed by atoms with E-state index >= 15 is 0 Å². The highest BCUT2D eigenvalue weighted by atomic mass is 16.5. The molecule has 1 aromatic rings. The number of nitrogens with zero attached hydrogens (tertiary/aromatic N) is 2. The van der Waals surface area contributed by atoms with E-state index in [0.717, 1.165) is 5.56 Å². The average Bonchev–Trinajstić information content (AvgIpc) is 2.51. The quantitative estimate of drug-likeness (QED) is 0.829. The number of nitriles is 1. The zero-order chi connectivity index (χ0) is 13.7. The number of amides is 1. The molecule has 1 fully saturated rings. The molecule has 2 rings (SSSR count). The van der Waals surface area contributed by atoms with E-state index in [1.54, 1.807) is 4.90 Å². The maximum absolute atomic E-state index is 12.7. The fourth-order valence-corrected chi connectivity index (χ4v) is 2.43. The Morgan fingerprint density at radius 1 is 1.37 bits per heavy atom. The Labute approximate surface area is 113 Å². The van der Waals surface area contributed by atoms with Gasteiger partial charge >= 0.3 is 0 Å². The van der Waals surface area contributed by atoms with Crippen molar-refractivity contribution in [2.24, 2.45) is 0 Å². The summed E-state index contributed by atoms with van der Waals surface area (Å²) >= 11 is 0. The molecule has 100 valence electrons. The van der Waals surface area contributed by atoms with Gasteiger partial charge in [-0.25, -0.2) is 0 Å². The van der Waals surface area contributed by atoms with Crippen LogP contribution in [0, 0.1) is 11.3 Å². The molecule has 1 aliphatic rings. The summed E-state index contributed by atoms with van der Waals surface area (Å²) in [7, 11) is 0. The molecule has 4 nitrogen and oxygen atoms in total. The van der Waals surface area contributed by atoms with Gasteiger partial charge in [0.1, 0.15) is 0 Å². The number of carbonyl (C=O) groups is 1. The van der Waals surface area contributed by atoms with Crippen molar-refractivity contribution >= 4 is 5.91 Å². The van der Waals surface area contributed by atoms with Crippen molar-refractivity contribution in [2.45, 2.75) is 18.8 Å². The highest BCUT2D eigenvalue weighted by Gasteiger charge is 2.42. The first-order chi connectivity index (χ1) is 9.24. The van der Waals surface area contributed by atoms with Crippen LogP contribution in [0.25, 0.3) is 0 Å². The second-order valence-electron chi connectivity index (χ2n) is 4.64. The van der Waals surface area contributed by atoms with Gasteiger partial charge in [0.15, 0.2) is 5.41 Å². The largest absolute Gasteiger partial charge is 0.378 e. The number of benzene rings is 1. The third kappa shape index (κ3) is 2.47. The zero-order valence-corrected chi connectivity index (χ0v) is 11.1. The third-order valence-electron chi connectivity index (χ3n) is 3.65. The van der Waals surface area contributed by atoms with Crippen LogP contribution < -0.4 is 0 Å². The van der Waals surface area contributed by atoms with Crippen LogP contribution in [0.1, 0.15) is 18.9 Å². The first kappa shape index (κ1) is 13.6. The predicted molar refractivity (Wildman–Crippen MR) is 71.4 cm³/mol. The highest BCUT2D eigenvalue weighted by molar-refractivity contribution is 5.91.